The number of carbonyl (C=O) groups is 3. The Morgan fingerprint density at radius 3 is 2.25 bits per heavy atom. The number of carboxylic acid groups (broad SMARTS) is 1. The van der Waals surface area contributed by atoms with Gasteiger partial charge in [0.2, 0.25) is 11.8 Å². The Hall–Kier alpha value is -2.57. The zero-order valence-electron chi connectivity index (χ0n) is 13.8. The molecule has 1 aromatic rings. The van der Waals surface area contributed by atoms with Gasteiger partial charge in [0.15, 0.2) is 0 Å². The molecule has 0 aliphatic carbocycles. The molecule has 3 rings (SSSR count). The van der Waals surface area contributed by atoms with Crippen LogP contribution < -0.4 is 15.4 Å². The number of nitrogens with one attached hydrogen (secondary N) is 2. The second-order valence-electron chi connectivity index (χ2n) is 5.88. The number of methoxy groups -OCH3 is 1. The van der Waals surface area contributed by atoms with E-state index in [-0.39, 0.29) is 17.9 Å². The predicted molar refractivity (Wildman–Crippen MR) is 86.6 cm³/mol. The minimum absolute atomic E-state index is 0.147. The highest BCUT2D eigenvalue weighted by Crippen LogP contribution is 2.27. The van der Waals surface area contributed by atoms with Crippen LogP contribution in [0.2, 0.25) is 0 Å². The number of hydrogen-bond donors (Lipinski definition) is 3. The number of carbonyl (C=O) groups excluding carboxylic acids is 2. The minimum atomic E-state index is -0.944. The lowest BCUT2D eigenvalue weighted by Gasteiger charge is -2.12. The van der Waals surface area contributed by atoms with Crippen molar-refractivity contribution in [1.29, 1.82) is 0 Å². The fourth-order valence-corrected chi connectivity index (χ4v) is 2.78. The van der Waals surface area contributed by atoms with Crippen molar-refractivity contribution in [2.24, 2.45) is 0 Å². The van der Waals surface area contributed by atoms with Crippen LogP contribution in [0.25, 0.3) is 0 Å². The Kier molecular flexibility index (Phi) is 5.78. The van der Waals surface area contributed by atoms with E-state index in [0.29, 0.717) is 19.3 Å². The third kappa shape index (κ3) is 4.47. The first-order chi connectivity index (χ1) is 11.4. The van der Waals surface area contributed by atoms with Crippen LogP contribution >= 0.6 is 0 Å². The largest absolute Gasteiger partial charge is 0.496 e. The van der Waals surface area contributed by atoms with E-state index in [0.717, 1.165) is 17.7 Å². The lowest BCUT2D eigenvalue weighted by Crippen LogP contribution is -2.32. The molecule has 2 unspecified atom stereocenters. The van der Waals surface area contributed by atoms with Crippen LogP contribution in [0.15, 0.2) is 18.2 Å². The zero-order chi connectivity index (χ0) is 17.7. The van der Waals surface area contributed by atoms with Crippen LogP contribution in [0, 0.1) is 6.92 Å². The standard InChI is InChI=1S/C12H15NO2.C5H7NO3/c1-8-7-9(3-5-11(8)15-2)10-4-6-12(14)13-10;7-4-2-1-3(6-4)5(8)9/h3,5,7,10H,4,6H2,1-2H3,(H,13,14);3H,1-2H2,(H,6,7)(H,8,9). The molecule has 2 aliphatic heterocycles. The number of aliphatic carboxylic acids is 1. The molecule has 0 aromatic heterocycles. The van der Waals surface area contributed by atoms with Crippen molar-refractivity contribution < 1.29 is 24.2 Å². The van der Waals surface area contributed by atoms with E-state index >= 15 is 0 Å². The summed E-state index contributed by atoms with van der Waals surface area (Å²) >= 11 is 0. The average molecular weight is 334 g/mol. The number of amides is 2. The van der Waals surface area contributed by atoms with Crippen LogP contribution in [0.4, 0.5) is 0 Å². The van der Waals surface area contributed by atoms with Crippen molar-refractivity contribution in [3.05, 3.63) is 29.3 Å². The number of benzene rings is 1. The monoisotopic (exact) mass is 334 g/mol. The molecule has 0 bridgehead atoms. The van der Waals surface area contributed by atoms with Crippen molar-refractivity contribution >= 4 is 17.8 Å². The SMILES string of the molecule is COc1ccc(C2CCC(=O)N2)cc1C.O=C1CCC(C(=O)O)N1. The van der Waals surface area contributed by atoms with Gasteiger partial charge in [-0.2, -0.15) is 0 Å². The maximum absolute atomic E-state index is 11.1. The second-order valence-corrected chi connectivity index (χ2v) is 5.88. The third-order valence-electron chi connectivity index (χ3n) is 4.11. The third-order valence-corrected chi connectivity index (χ3v) is 4.11. The quantitative estimate of drug-likeness (QED) is 0.773. The molecule has 24 heavy (non-hydrogen) atoms. The molecular formula is C17H22N2O5. The number of aryl methyl sites for hydroxylation is 1. The summed E-state index contributed by atoms with van der Waals surface area (Å²) in [5.74, 6) is -0.0696. The predicted octanol–water partition coefficient (Wildman–Crippen LogP) is 1.30. The molecule has 2 aliphatic rings. The van der Waals surface area contributed by atoms with Crippen LogP contribution in [0.3, 0.4) is 0 Å². The van der Waals surface area contributed by atoms with Crippen molar-refractivity contribution in [1.82, 2.24) is 10.6 Å². The topological polar surface area (TPSA) is 105 Å². The maximum atomic E-state index is 11.1. The van der Waals surface area contributed by atoms with Gasteiger partial charge in [-0.25, -0.2) is 4.79 Å². The molecule has 2 fully saturated rings. The van der Waals surface area contributed by atoms with Crippen LogP contribution in [0.1, 0.15) is 42.9 Å². The first kappa shape index (κ1) is 17.8. The summed E-state index contributed by atoms with van der Waals surface area (Å²) in [5, 5.41) is 13.6. The molecule has 2 atom stereocenters. The van der Waals surface area contributed by atoms with E-state index in [1.807, 2.05) is 19.1 Å². The first-order valence-electron chi connectivity index (χ1n) is 7.86. The molecule has 1 aromatic carbocycles. The Morgan fingerprint density at radius 2 is 1.83 bits per heavy atom. The number of hydrogen-bond acceptors (Lipinski definition) is 4. The fraction of sp³-hybridized carbons (Fsp3) is 0.471. The molecule has 130 valence electrons. The number of rotatable bonds is 3. The lowest BCUT2D eigenvalue weighted by molar-refractivity contribution is -0.140. The van der Waals surface area contributed by atoms with E-state index in [4.69, 9.17) is 9.84 Å². The normalized spacial score (nSPS) is 22.2. The van der Waals surface area contributed by atoms with Crippen molar-refractivity contribution in [2.75, 3.05) is 7.11 Å². The van der Waals surface area contributed by atoms with E-state index < -0.39 is 12.0 Å². The van der Waals surface area contributed by atoms with Gasteiger partial charge in [0, 0.05) is 12.8 Å². The summed E-state index contributed by atoms with van der Waals surface area (Å²) in [7, 11) is 1.67. The molecular weight excluding hydrogens is 312 g/mol. The summed E-state index contributed by atoms with van der Waals surface area (Å²) in [4.78, 5) is 31.6. The van der Waals surface area contributed by atoms with Gasteiger partial charge in [-0.1, -0.05) is 12.1 Å². The molecule has 7 nitrogen and oxygen atoms in total. The van der Waals surface area contributed by atoms with Gasteiger partial charge in [0.1, 0.15) is 11.8 Å². The molecule has 3 N–H and O–H groups in total. The highest BCUT2D eigenvalue weighted by molar-refractivity contribution is 5.87. The van der Waals surface area contributed by atoms with Crippen molar-refractivity contribution in [2.45, 2.75) is 44.7 Å². The van der Waals surface area contributed by atoms with Gasteiger partial charge in [-0.15, -0.1) is 0 Å². The highest BCUT2D eigenvalue weighted by Gasteiger charge is 2.26. The van der Waals surface area contributed by atoms with Gasteiger partial charge >= 0.3 is 5.97 Å². The minimum Gasteiger partial charge on any atom is -0.496 e. The van der Waals surface area contributed by atoms with Gasteiger partial charge in [0.05, 0.1) is 13.2 Å². The Morgan fingerprint density at radius 1 is 1.17 bits per heavy atom. The zero-order valence-corrected chi connectivity index (χ0v) is 13.8. The molecule has 0 saturated carbocycles. The molecule has 2 saturated heterocycles. The maximum Gasteiger partial charge on any atom is 0.326 e. The summed E-state index contributed by atoms with van der Waals surface area (Å²) < 4.78 is 5.20. The fourth-order valence-electron chi connectivity index (χ4n) is 2.78. The van der Waals surface area contributed by atoms with Crippen molar-refractivity contribution in [3.8, 4) is 5.75 Å². The van der Waals surface area contributed by atoms with E-state index in [2.05, 4.69) is 16.7 Å². The Labute approximate surface area is 140 Å². The summed E-state index contributed by atoms with van der Waals surface area (Å²) in [6.45, 7) is 2.01. The first-order valence-corrected chi connectivity index (χ1v) is 7.86. The molecule has 2 amide bonds. The van der Waals surface area contributed by atoms with Crippen LogP contribution in [0.5, 0.6) is 5.75 Å². The van der Waals surface area contributed by atoms with Gasteiger partial charge < -0.3 is 20.5 Å². The molecule has 0 radical (unpaired) electrons. The smallest absolute Gasteiger partial charge is 0.326 e. The van der Waals surface area contributed by atoms with E-state index in [9.17, 15) is 14.4 Å². The summed E-state index contributed by atoms with van der Waals surface area (Å²) in [6.07, 6.45) is 2.30. The Bertz CT molecular complexity index is 644. The van der Waals surface area contributed by atoms with Crippen molar-refractivity contribution in [3.63, 3.8) is 0 Å². The highest BCUT2D eigenvalue weighted by atomic mass is 16.5. The molecule has 7 heteroatoms. The van der Waals surface area contributed by atoms with Gasteiger partial charge in [-0.05, 0) is 37.0 Å². The molecule has 0 spiro atoms. The van der Waals surface area contributed by atoms with Crippen LogP contribution in [-0.4, -0.2) is 36.0 Å². The van der Waals surface area contributed by atoms with E-state index in [1.165, 1.54) is 5.56 Å². The summed E-state index contributed by atoms with van der Waals surface area (Å²) in [6, 6.07) is 5.59. The second kappa shape index (κ2) is 7.81. The van der Waals surface area contributed by atoms with Crippen LogP contribution in [-0.2, 0) is 14.4 Å². The molecule has 2 heterocycles. The Balaban J connectivity index is 0.000000198. The van der Waals surface area contributed by atoms with Gasteiger partial charge in [-0.3, -0.25) is 9.59 Å². The van der Waals surface area contributed by atoms with Gasteiger partial charge in [0.25, 0.3) is 0 Å². The van der Waals surface area contributed by atoms with E-state index in [1.54, 1.807) is 7.11 Å². The number of ether oxygens (including phenoxy) is 1. The lowest BCUT2D eigenvalue weighted by atomic mass is 10.0. The average Bonchev–Trinajstić information content (AvgIpc) is 3.16. The number of carboxylic acids is 1. The summed E-state index contributed by atoms with van der Waals surface area (Å²) in [5.41, 5.74) is 2.27.